The van der Waals surface area contributed by atoms with Gasteiger partial charge in [0.05, 0.1) is 0 Å². The largest absolute Gasteiger partial charge is 0.347 e. The lowest BCUT2D eigenvalue weighted by Gasteiger charge is -2.01. The Morgan fingerprint density at radius 3 is 2.77 bits per heavy atom. The Bertz CT molecular complexity index is 303. The normalized spacial score (nSPS) is 19.2. The van der Waals surface area contributed by atoms with Crippen LogP contribution in [0.4, 0.5) is 0 Å². The second-order valence-corrected chi connectivity index (χ2v) is 5.04. The average Bonchev–Trinajstić information content (AvgIpc) is 2.71. The minimum atomic E-state index is 1.26. The Kier molecular flexibility index (Phi) is 1.91. The summed E-state index contributed by atoms with van der Waals surface area (Å²) in [6.07, 6.45) is 6.56. The van der Waals surface area contributed by atoms with Crippen LogP contribution in [0.5, 0.6) is 0 Å². The average molecular weight is 211 g/mol. The lowest BCUT2D eigenvalue weighted by molar-refractivity contribution is 0.707. The van der Waals surface area contributed by atoms with Crippen LogP contribution in [-0.2, 0) is 25.8 Å². The molecule has 3 heteroatoms. The lowest BCUT2D eigenvalue weighted by Crippen LogP contribution is -1.96. The van der Waals surface area contributed by atoms with E-state index in [-0.39, 0.29) is 0 Å². The summed E-state index contributed by atoms with van der Waals surface area (Å²) in [5, 5.41) is 0. The van der Waals surface area contributed by atoms with Gasteiger partial charge in [0.25, 0.3) is 0 Å². The van der Waals surface area contributed by atoms with Crippen LogP contribution in [0.2, 0.25) is 0 Å². The van der Waals surface area contributed by atoms with E-state index in [1.54, 1.807) is 27.7 Å². The molecule has 0 saturated carbocycles. The number of hydrogen-bond acceptors (Lipinski definition) is 2. The van der Waals surface area contributed by atoms with Crippen molar-refractivity contribution in [3.05, 3.63) is 17.0 Å². The smallest absolute Gasteiger partial charge is 0.0424 e. The van der Waals surface area contributed by atoms with Gasteiger partial charge >= 0.3 is 0 Å². The van der Waals surface area contributed by atoms with Gasteiger partial charge in [0, 0.05) is 22.8 Å². The molecule has 0 fully saturated rings. The zero-order chi connectivity index (χ0) is 8.84. The predicted octanol–water partition coefficient (Wildman–Crippen LogP) is 2.86. The molecule has 0 aromatic carbocycles. The second kappa shape index (κ2) is 2.99. The minimum Gasteiger partial charge on any atom is -0.347 e. The highest BCUT2D eigenvalue weighted by Gasteiger charge is 2.27. The zero-order valence-corrected chi connectivity index (χ0v) is 9.26. The molecule has 1 aromatic heterocycles. The van der Waals surface area contributed by atoms with Crippen molar-refractivity contribution in [2.75, 3.05) is 0 Å². The van der Waals surface area contributed by atoms with Gasteiger partial charge in [-0.25, -0.2) is 0 Å². The van der Waals surface area contributed by atoms with Crippen molar-refractivity contribution in [2.24, 2.45) is 0 Å². The Labute approximate surface area is 87.7 Å². The molecule has 3 rings (SSSR count). The standard InChI is InChI=1S/C10H13NS2/c12-13-10-7-3-1-4-8(7)11-6-2-5-9(10)11/h12H,1-6H2. The van der Waals surface area contributed by atoms with Gasteiger partial charge in [-0.05, 0) is 37.7 Å². The molecular formula is C10H13NS2. The van der Waals surface area contributed by atoms with Gasteiger partial charge in [0.2, 0.25) is 0 Å². The Balaban J connectivity index is 2.23. The summed E-state index contributed by atoms with van der Waals surface area (Å²) in [4.78, 5) is 1.49. The molecule has 1 aliphatic heterocycles. The number of hydrogen-bond donors (Lipinski definition) is 1. The Morgan fingerprint density at radius 1 is 1.08 bits per heavy atom. The Morgan fingerprint density at radius 2 is 1.92 bits per heavy atom. The van der Waals surface area contributed by atoms with Gasteiger partial charge in [0.1, 0.15) is 0 Å². The molecule has 0 saturated heterocycles. The van der Waals surface area contributed by atoms with E-state index in [9.17, 15) is 0 Å². The molecule has 2 heterocycles. The number of nitrogens with zero attached hydrogens (tertiary/aromatic N) is 1. The summed E-state index contributed by atoms with van der Waals surface area (Å²) in [5.74, 6) is 0. The molecule has 0 N–H and O–H groups in total. The van der Waals surface area contributed by atoms with E-state index < -0.39 is 0 Å². The molecular weight excluding hydrogens is 198 g/mol. The molecule has 0 spiro atoms. The summed E-state index contributed by atoms with van der Waals surface area (Å²) in [6, 6.07) is 0. The number of rotatable bonds is 1. The van der Waals surface area contributed by atoms with Crippen LogP contribution in [0.15, 0.2) is 4.90 Å². The van der Waals surface area contributed by atoms with E-state index in [2.05, 4.69) is 16.2 Å². The number of aromatic nitrogens is 1. The fraction of sp³-hybridized carbons (Fsp3) is 0.600. The monoisotopic (exact) mass is 211 g/mol. The van der Waals surface area contributed by atoms with Gasteiger partial charge < -0.3 is 4.57 Å². The van der Waals surface area contributed by atoms with Crippen LogP contribution in [0.3, 0.4) is 0 Å². The van der Waals surface area contributed by atoms with Crippen molar-refractivity contribution in [1.82, 2.24) is 4.57 Å². The Hall–Kier alpha value is -0.0200. The minimum absolute atomic E-state index is 1.26. The van der Waals surface area contributed by atoms with Gasteiger partial charge in [-0.2, -0.15) is 0 Å². The van der Waals surface area contributed by atoms with E-state index >= 15 is 0 Å². The number of thiol groups is 1. The summed E-state index contributed by atoms with van der Waals surface area (Å²) in [7, 11) is 1.66. The van der Waals surface area contributed by atoms with Crippen molar-refractivity contribution >= 4 is 22.5 Å². The maximum atomic E-state index is 4.38. The van der Waals surface area contributed by atoms with Gasteiger partial charge in [-0.3, -0.25) is 0 Å². The second-order valence-electron chi connectivity index (χ2n) is 3.90. The van der Waals surface area contributed by atoms with Crippen molar-refractivity contribution in [3.63, 3.8) is 0 Å². The number of fused-ring (bicyclic) bond motifs is 3. The first-order valence-corrected chi connectivity index (χ1v) is 6.83. The van der Waals surface area contributed by atoms with Crippen molar-refractivity contribution < 1.29 is 0 Å². The highest BCUT2D eigenvalue weighted by Crippen LogP contribution is 2.41. The van der Waals surface area contributed by atoms with Crippen LogP contribution < -0.4 is 0 Å². The van der Waals surface area contributed by atoms with Crippen molar-refractivity contribution in [2.45, 2.75) is 43.5 Å². The topological polar surface area (TPSA) is 4.93 Å². The van der Waals surface area contributed by atoms with Crippen LogP contribution >= 0.6 is 22.5 Å². The predicted molar refractivity (Wildman–Crippen MR) is 59.6 cm³/mol. The molecule has 2 aliphatic rings. The first-order chi connectivity index (χ1) is 6.42. The summed E-state index contributed by atoms with van der Waals surface area (Å²) in [5.41, 5.74) is 4.82. The van der Waals surface area contributed by atoms with Crippen molar-refractivity contribution in [1.29, 1.82) is 0 Å². The third kappa shape index (κ3) is 1.03. The van der Waals surface area contributed by atoms with E-state index in [1.807, 2.05) is 0 Å². The van der Waals surface area contributed by atoms with Crippen LogP contribution in [0.25, 0.3) is 0 Å². The zero-order valence-electron chi connectivity index (χ0n) is 7.55. The molecule has 0 atom stereocenters. The van der Waals surface area contributed by atoms with Gasteiger partial charge in [-0.1, -0.05) is 10.8 Å². The third-order valence-electron chi connectivity index (χ3n) is 3.26. The first kappa shape index (κ1) is 8.30. The lowest BCUT2D eigenvalue weighted by atomic mass is 10.2. The molecule has 0 amide bonds. The molecule has 70 valence electrons. The fourth-order valence-electron chi connectivity index (χ4n) is 2.76. The van der Waals surface area contributed by atoms with Crippen LogP contribution in [0, 0.1) is 0 Å². The summed E-state index contributed by atoms with van der Waals surface area (Å²) < 4.78 is 2.56. The summed E-state index contributed by atoms with van der Waals surface area (Å²) >= 11 is 4.38. The molecule has 0 bridgehead atoms. The van der Waals surface area contributed by atoms with E-state index in [0.717, 1.165) is 0 Å². The highest BCUT2D eigenvalue weighted by atomic mass is 33.1. The fourth-order valence-corrected chi connectivity index (χ4v) is 4.06. The van der Waals surface area contributed by atoms with Crippen molar-refractivity contribution in [3.8, 4) is 0 Å². The summed E-state index contributed by atoms with van der Waals surface area (Å²) in [6.45, 7) is 1.26. The van der Waals surface area contributed by atoms with E-state index in [4.69, 9.17) is 0 Å². The molecule has 13 heavy (non-hydrogen) atoms. The van der Waals surface area contributed by atoms with E-state index in [1.165, 1.54) is 43.5 Å². The molecule has 1 nitrogen and oxygen atoms in total. The maximum absolute atomic E-state index is 4.38. The first-order valence-electron chi connectivity index (χ1n) is 4.96. The highest BCUT2D eigenvalue weighted by molar-refractivity contribution is 8.68. The molecule has 1 aromatic rings. The molecule has 1 aliphatic carbocycles. The van der Waals surface area contributed by atoms with Crippen LogP contribution in [-0.4, -0.2) is 4.57 Å². The van der Waals surface area contributed by atoms with E-state index in [0.29, 0.717) is 0 Å². The quantitative estimate of drug-likeness (QED) is 0.553. The SMILES string of the molecule is SSc1c2c(n3c1CCC3)CCC2. The molecule has 0 unspecified atom stereocenters. The van der Waals surface area contributed by atoms with Crippen LogP contribution in [0.1, 0.15) is 29.8 Å². The van der Waals surface area contributed by atoms with Gasteiger partial charge in [-0.15, -0.1) is 11.7 Å². The molecule has 0 radical (unpaired) electrons. The third-order valence-corrected chi connectivity index (χ3v) is 4.48. The van der Waals surface area contributed by atoms with Gasteiger partial charge in [0.15, 0.2) is 0 Å². The maximum Gasteiger partial charge on any atom is 0.0424 e.